The summed E-state index contributed by atoms with van der Waals surface area (Å²) in [6.07, 6.45) is -1.14. The van der Waals surface area contributed by atoms with Crippen LogP contribution in [0.15, 0.2) is 54.9 Å². The highest BCUT2D eigenvalue weighted by atomic mass is 19.4. The number of nitro groups is 1. The number of nitrogens with zero attached hydrogens (tertiary/aromatic N) is 3. The van der Waals surface area contributed by atoms with Crippen LogP contribution in [0.4, 0.5) is 24.5 Å². The number of rotatable bonds is 6. The maximum Gasteiger partial charge on any atom is 0.418 e. The van der Waals surface area contributed by atoms with Crippen LogP contribution in [0, 0.1) is 17.0 Å². The lowest BCUT2D eigenvalue weighted by molar-refractivity contribution is -0.385. The van der Waals surface area contributed by atoms with Gasteiger partial charge >= 0.3 is 6.18 Å². The Balaban J connectivity index is 1.78. The third kappa shape index (κ3) is 4.48. The number of non-ortho nitro benzene ring substituents is 1. The van der Waals surface area contributed by atoms with Crippen LogP contribution in [-0.4, -0.2) is 14.5 Å². The Morgan fingerprint density at radius 1 is 1.18 bits per heavy atom. The molecule has 1 N–H and O–H groups in total. The molecule has 3 rings (SSSR count). The summed E-state index contributed by atoms with van der Waals surface area (Å²) in [4.78, 5) is 14.1. The molecule has 6 nitrogen and oxygen atoms in total. The van der Waals surface area contributed by atoms with Gasteiger partial charge in [0.25, 0.3) is 5.69 Å². The third-order valence-electron chi connectivity index (χ3n) is 4.27. The highest BCUT2D eigenvalue weighted by Crippen LogP contribution is 2.37. The Kier molecular flexibility index (Phi) is 5.34. The molecule has 0 aliphatic carbocycles. The van der Waals surface area contributed by atoms with Crippen molar-refractivity contribution < 1.29 is 18.1 Å². The molecule has 146 valence electrons. The Morgan fingerprint density at radius 3 is 2.57 bits per heavy atom. The number of aromatic nitrogens is 2. The molecule has 1 aromatic heterocycles. The standard InChI is InChI=1S/C19H17F3N4O2/c1-13-23-7-8-25(13)12-15-4-2-3-14(9-15)11-24-18-6-5-16(26(27)28)10-17(18)19(20,21)22/h2-10,24H,11-12H2,1H3. The number of aryl methyl sites for hydroxylation is 1. The molecular weight excluding hydrogens is 373 g/mol. The zero-order valence-electron chi connectivity index (χ0n) is 14.9. The fourth-order valence-electron chi connectivity index (χ4n) is 2.84. The van der Waals surface area contributed by atoms with Gasteiger partial charge in [0.1, 0.15) is 5.82 Å². The quantitative estimate of drug-likeness (QED) is 0.486. The van der Waals surface area contributed by atoms with E-state index in [0.717, 1.165) is 29.1 Å². The summed E-state index contributed by atoms with van der Waals surface area (Å²) >= 11 is 0. The molecule has 28 heavy (non-hydrogen) atoms. The van der Waals surface area contributed by atoms with E-state index in [1.54, 1.807) is 12.3 Å². The third-order valence-corrected chi connectivity index (χ3v) is 4.27. The molecule has 9 heteroatoms. The number of imidazole rings is 1. The number of halogens is 3. The predicted octanol–water partition coefficient (Wildman–Crippen LogP) is 4.78. The average Bonchev–Trinajstić information content (AvgIpc) is 3.04. The van der Waals surface area contributed by atoms with E-state index in [4.69, 9.17) is 0 Å². The molecule has 2 aromatic carbocycles. The molecule has 0 unspecified atom stereocenters. The van der Waals surface area contributed by atoms with Gasteiger partial charge in [-0.05, 0) is 24.1 Å². The minimum absolute atomic E-state index is 0.150. The van der Waals surface area contributed by atoms with Gasteiger partial charge in [-0.2, -0.15) is 13.2 Å². The first-order chi connectivity index (χ1) is 13.2. The van der Waals surface area contributed by atoms with E-state index in [1.807, 2.05) is 35.9 Å². The van der Waals surface area contributed by atoms with Crippen LogP contribution in [-0.2, 0) is 19.3 Å². The molecule has 0 amide bonds. The zero-order chi connectivity index (χ0) is 20.3. The zero-order valence-corrected chi connectivity index (χ0v) is 14.9. The second-order valence-electron chi connectivity index (χ2n) is 6.26. The van der Waals surface area contributed by atoms with E-state index in [0.29, 0.717) is 12.6 Å². The number of benzene rings is 2. The van der Waals surface area contributed by atoms with Gasteiger partial charge in [-0.25, -0.2) is 4.98 Å². The molecule has 0 aliphatic rings. The first-order valence-corrected chi connectivity index (χ1v) is 8.39. The Labute approximate surface area is 158 Å². The summed E-state index contributed by atoms with van der Waals surface area (Å²) in [5, 5.41) is 13.5. The van der Waals surface area contributed by atoms with Crippen LogP contribution < -0.4 is 5.32 Å². The molecule has 0 saturated heterocycles. The molecular formula is C19H17F3N4O2. The average molecular weight is 390 g/mol. The molecule has 0 bridgehead atoms. The van der Waals surface area contributed by atoms with Crippen molar-refractivity contribution >= 4 is 11.4 Å². The molecule has 0 radical (unpaired) electrons. The summed E-state index contributed by atoms with van der Waals surface area (Å²) in [6, 6.07) is 10.1. The van der Waals surface area contributed by atoms with E-state index in [9.17, 15) is 23.3 Å². The molecule has 3 aromatic rings. The minimum atomic E-state index is -4.70. The minimum Gasteiger partial charge on any atom is -0.380 e. The Bertz CT molecular complexity index is 999. The van der Waals surface area contributed by atoms with Gasteiger partial charge in [0.15, 0.2) is 0 Å². The van der Waals surface area contributed by atoms with Crippen molar-refractivity contribution in [2.24, 2.45) is 0 Å². The van der Waals surface area contributed by atoms with E-state index >= 15 is 0 Å². The van der Waals surface area contributed by atoms with Crippen molar-refractivity contribution in [2.75, 3.05) is 5.32 Å². The van der Waals surface area contributed by atoms with Gasteiger partial charge in [-0.15, -0.1) is 0 Å². The second-order valence-corrected chi connectivity index (χ2v) is 6.26. The van der Waals surface area contributed by atoms with Crippen molar-refractivity contribution in [1.82, 2.24) is 9.55 Å². The number of nitro benzene ring substituents is 1. The Hall–Kier alpha value is -3.36. The van der Waals surface area contributed by atoms with Crippen molar-refractivity contribution in [3.63, 3.8) is 0 Å². The van der Waals surface area contributed by atoms with Crippen LogP contribution in [0.25, 0.3) is 0 Å². The van der Waals surface area contributed by atoms with Crippen molar-refractivity contribution in [2.45, 2.75) is 26.2 Å². The van der Waals surface area contributed by atoms with Crippen molar-refractivity contribution in [3.8, 4) is 0 Å². The van der Waals surface area contributed by atoms with Crippen molar-refractivity contribution in [1.29, 1.82) is 0 Å². The second kappa shape index (κ2) is 7.71. The SMILES string of the molecule is Cc1nccn1Cc1cccc(CNc2ccc([N+](=O)[O-])cc2C(F)(F)F)c1. The van der Waals surface area contributed by atoms with E-state index < -0.39 is 22.4 Å². The van der Waals surface area contributed by atoms with Gasteiger partial charge in [0.2, 0.25) is 0 Å². The monoisotopic (exact) mass is 390 g/mol. The summed E-state index contributed by atoms with van der Waals surface area (Å²) in [6.45, 7) is 2.64. The van der Waals surface area contributed by atoms with Crippen LogP contribution in [0.5, 0.6) is 0 Å². The lowest BCUT2D eigenvalue weighted by Crippen LogP contribution is -2.11. The topological polar surface area (TPSA) is 73.0 Å². The van der Waals surface area contributed by atoms with Gasteiger partial charge in [0, 0.05) is 43.3 Å². The van der Waals surface area contributed by atoms with Crippen LogP contribution in [0.1, 0.15) is 22.5 Å². The molecule has 0 spiro atoms. The first kappa shape index (κ1) is 19.4. The van der Waals surface area contributed by atoms with Crippen molar-refractivity contribution in [3.05, 3.63) is 87.5 Å². The molecule has 0 fully saturated rings. The number of nitrogens with one attached hydrogen (secondary N) is 1. The van der Waals surface area contributed by atoms with Gasteiger partial charge in [-0.1, -0.05) is 24.3 Å². The van der Waals surface area contributed by atoms with E-state index in [1.165, 1.54) is 0 Å². The predicted molar refractivity (Wildman–Crippen MR) is 97.9 cm³/mol. The summed E-state index contributed by atoms with van der Waals surface area (Å²) in [5.74, 6) is 0.865. The summed E-state index contributed by atoms with van der Waals surface area (Å²) in [5.41, 5.74) is -0.0849. The molecule has 0 saturated carbocycles. The van der Waals surface area contributed by atoms with E-state index in [-0.39, 0.29) is 12.2 Å². The largest absolute Gasteiger partial charge is 0.418 e. The highest BCUT2D eigenvalue weighted by molar-refractivity contribution is 5.57. The van der Waals surface area contributed by atoms with Gasteiger partial charge < -0.3 is 9.88 Å². The highest BCUT2D eigenvalue weighted by Gasteiger charge is 2.35. The number of alkyl halides is 3. The molecule has 0 aliphatic heterocycles. The summed E-state index contributed by atoms with van der Waals surface area (Å²) < 4.78 is 41.7. The maximum absolute atomic E-state index is 13.3. The lowest BCUT2D eigenvalue weighted by Gasteiger charge is -2.15. The fourth-order valence-corrected chi connectivity index (χ4v) is 2.84. The molecule has 0 atom stereocenters. The smallest absolute Gasteiger partial charge is 0.380 e. The fraction of sp³-hybridized carbons (Fsp3) is 0.211. The van der Waals surface area contributed by atoms with Gasteiger partial charge in [-0.3, -0.25) is 10.1 Å². The first-order valence-electron chi connectivity index (χ1n) is 8.39. The number of hydrogen-bond donors (Lipinski definition) is 1. The molecule has 1 heterocycles. The van der Waals surface area contributed by atoms with Gasteiger partial charge in [0.05, 0.1) is 10.5 Å². The maximum atomic E-state index is 13.3. The lowest BCUT2D eigenvalue weighted by atomic mass is 10.1. The van der Waals surface area contributed by atoms with E-state index in [2.05, 4.69) is 10.3 Å². The van der Waals surface area contributed by atoms with Crippen LogP contribution in [0.3, 0.4) is 0 Å². The number of anilines is 1. The normalized spacial score (nSPS) is 11.4. The van der Waals surface area contributed by atoms with Crippen LogP contribution >= 0.6 is 0 Å². The summed E-state index contributed by atoms with van der Waals surface area (Å²) in [7, 11) is 0. The van der Waals surface area contributed by atoms with Crippen LogP contribution in [0.2, 0.25) is 0 Å². The Morgan fingerprint density at radius 2 is 1.93 bits per heavy atom. The number of hydrogen-bond acceptors (Lipinski definition) is 4.